The molecule has 5 aliphatic carbocycles. The second kappa shape index (κ2) is 10.2. The van der Waals surface area contributed by atoms with Crippen molar-refractivity contribution in [1.29, 1.82) is 0 Å². The summed E-state index contributed by atoms with van der Waals surface area (Å²) in [5.74, 6) is 4.48. The first-order valence-corrected chi connectivity index (χ1v) is 17.9. The van der Waals surface area contributed by atoms with Crippen molar-refractivity contribution in [2.45, 2.75) is 106 Å². The number of allylic oxidation sites excluding steroid dienone is 1. The highest BCUT2D eigenvalue weighted by atomic mass is 16.2. The molecule has 0 N–H and O–H groups in total. The molecular formula is C39H57N3O2. The summed E-state index contributed by atoms with van der Waals surface area (Å²) in [6, 6.07) is 6.10. The molecule has 0 unspecified atom stereocenters. The third kappa shape index (κ3) is 3.98. The van der Waals surface area contributed by atoms with Gasteiger partial charge in [-0.1, -0.05) is 52.8 Å². The van der Waals surface area contributed by atoms with Crippen LogP contribution in [-0.4, -0.2) is 47.8 Å². The van der Waals surface area contributed by atoms with E-state index in [9.17, 15) is 9.59 Å². The predicted molar refractivity (Wildman–Crippen MR) is 177 cm³/mol. The third-order valence-electron chi connectivity index (χ3n) is 15.8. The first-order chi connectivity index (χ1) is 20.8. The number of hydrogen-bond acceptors (Lipinski definition) is 4. The molecule has 5 heteroatoms. The molecule has 1 saturated heterocycles. The van der Waals surface area contributed by atoms with E-state index in [4.69, 9.17) is 0 Å². The summed E-state index contributed by atoms with van der Waals surface area (Å²) >= 11 is 0. The van der Waals surface area contributed by atoms with E-state index < -0.39 is 0 Å². The second-order valence-corrected chi connectivity index (χ2v) is 17.5. The van der Waals surface area contributed by atoms with Crippen LogP contribution in [0.4, 0.5) is 5.82 Å². The van der Waals surface area contributed by atoms with Crippen LogP contribution in [0.1, 0.15) is 106 Å². The molecule has 6 fully saturated rings. The van der Waals surface area contributed by atoms with Crippen LogP contribution in [0.5, 0.6) is 0 Å². The number of aromatic nitrogens is 1. The summed E-state index contributed by atoms with van der Waals surface area (Å²) in [5, 5.41) is 0. The average molecular weight is 600 g/mol. The number of piperazine rings is 1. The Bertz CT molecular complexity index is 1330. The summed E-state index contributed by atoms with van der Waals surface area (Å²) in [6.45, 7) is 22.5. The van der Waals surface area contributed by atoms with Crippen molar-refractivity contribution in [3.63, 3.8) is 0 Å². The zero-order chi connectivity index (χ0) is 31.3. The lowest BCUT2D eigenvalue weighted by molar-refractivity contribution is -0.234. The van der Waals surface area contributed by atoms with Crippen molar-refractivity contribution in [1.82, 2.24) is 9.88 Å². The largest absolute Gasteiger partial charge is 0.353 e. The maximum atomic E-state index is 14.9. The predicted octanol–water partition coefficient (Wildman–Crippen LogP) is 7.96. The Morgan fingerprint density at radius 3 is 2.30 bits per heavy atom. The Balaban J connectivity index is 1.19. The molecule has 6 aliphatic rings. The number of Topliss-reactive ketones (excluding diaryl/α,β-unsaturated/α-hetero) is 1. The summed E-state index contributed by atoms with van der Waals surface area (Å²) in [7, 11) is 0. The van der Waals surface area contributed by atoms with Crippen LogP contribution in [-0.2, 0) is 9.59 Å². The quantitative estimate of drug-likeness (QED) is 0.331. The maximum absolute atomic E-state index is 14.9. The van der Waals surface area contributed by atoms with Gasteiger partial charge in [0.25, 0.3) is 0 Å². The Morgan fingerprint density at radius 2 is 1.61 bits per heavy atom. The molecule has 0 aromatic carbocycles. The molecule has 2 heterocycles. The van der Waals surface area contributed by atoms with Gasteiger partial charge in [-0.05, 0) is 123 Å². The number of pyridine rings is 1. The smallest absolute Gasteiger partial charge is 0.229 e. The summed E-state index contributed by atoms with van der Waals surface area (Å²) in [6.07, 6.45) is 12.9. The van der Waals surface area contributed by atoms with Gasteiger partial charge in [0.05, 0.1) is 5.41 Å². The normalized spacial score (nSPS) is 44.7. The van der Waals surface area contributed by atoms with E-state index in [-0.39, 0.29) is 27.1 Å². The van der Waals surface area contributed by atoms with E-state index in [0.717, 1.165) is 70.5 Å². The summed E-state index contributed by atoms with van der Waals surface area (Å²) in [4.78, 5) is 37.2. The number of amides is 1. The van der Waals surface area contributed by atoms with Crippen LogP contribution in [0, 0.1) is 56.7 Å². The van der Waals surface area contributed by atoms with Gasteiger partial charge in [-0.2, -0.15) is 0 Å². The van der Waals surface area contributed by atoms with E-state index in [1.165, 1.54) is 31.3 Å². The van der Waals surface area contributed by atoms with E-state index in [1.807, 2.05) is 12.3 Å². The van der Waals surface area contributed by atoms with Crippen molar-refractivity contribution < 1.29 is 9.59 Å². The van der Waals surface area contributed by atoms with Crippen LogP contribution in [0.25, 0.3) is 0 Å². The molecule has 5 nitrogen and oxygen atoms in total. The van der Waals surface area contributed by atoms with Crippen LogP contribution in [0.2, 0.25) is 0 Å². The number of anilines is 1. The minimum Gasteiger partial charge on any atom is -0.353 e. The molecule has 1 amide bonds. The third-order valence-corrected chi connectivity index (χ3v) is 15.8. The monoisotopic (exact) mass is 599 g/mol. The van der Waals surface area contributed by atoms with Gasteiger partial charge >= 0.3 is 0 Å². The number of hydrogen-bond donors (Lipinski definition) is 0. The highest BCUT2D eigenvalue weighted by Crippen LogP contribution is 2.77. The highest BCUT2D eigenvalue weighted by Gasteiger charge is 2.72. The van der Waals surface area contributed by atoms with Crippen LogP contribution in [0.15, 0.2) is 36.5 Å². The molecule has 1 aromatic rings. The van der Waals surface area contributed by atoms with E-state index in [1.54, 1.807) is 0 Å². The van der Waals surface area contributed by atoms with E-state index >= 15 is 0 Å². The molecule has 44 heavy (non-hydrogen) atoms. The molecule has 7 rings (SSSR count). The standard InChI is InChI=1S/C39H57N3O2/c1-26(2)27-13-18-39(34(44)42-24-22-41(23-25-42)32-10-8-9-21-40-32)20-19-37(6)28(33(27)39)11-12-30-36(5)16-15-31(43)35(3,4)29(36)14-17-38(30,37)7/h8-10,21,27-30,33H,1,11-20,22-25H2,2-7H3/t27-,28+,29-,30+,33+,36-,37+,38+,39-/m0/s1. The molecule has 5 saturated carbocycles. The van der Waals surface area contributed by atoms with Crippen molar-refractivity contribution in [3.05, 3.63) is 36.5 Å². The Morgan fingerprint density at radius 1 is 0.864 bits per heavy atom. The van der Waals surface area contributed by atoms with Gasteiger partial charge in [-0.15, -0.1) is 0 Å². The van der Waals surface area contributed by atoms with Gasteiger partial charge in [-0.25, -0.2) is 4.98 Å². The van der Waals surface area contributed by atoms with Crippen molar-refractivity contribution in [2.75, 3.05) is 31.1 Å². The number of rotatable bonds is 3. The topological polar surface area (TPSA) is 53.5 Å². The zero-order valence-electron chi connectivity index (χ0n) is 28.5. The number of carbonyl (C=O) groups excluding carboxylic acids is 2. The van der Waals surface area contributed by atoms with Crippen molar-refractivity contribution in [3.8, 4) is 0 Å². The minimum atomic E-state index is -0.246. The van der Waals surface area contributed by atoms with E-state index in [0.29, 0.717) is 41.3 Å². The molecule has 9 atom stereocenters. The Labute approximate surface area is 266 Å². The fraction of sp³-hybridized carbons (Fsp3) is 0.769. The van der Waals surface area contributed by atoms with Crippen LogP contribution in [0.3, 0.4) is 0 Å². The lowest BCUT2D eigenvalue weighted by atomic mass is 9.32. The van der Waals surface area contributed by atoms with Gasteiger partial charge in [0.2, 0.25) is 5.91 Å². The molecule has 240 valence electrons. The minimum absolute atomic E-state index is 0.208. The SMILES string of the molecule is C=C(C)[C@@H]1CC[C@]2(C(=O)N3CCN(c4ccccn4)CC3)CC[C@]3(C)[C@H](CC[C@@H]4[C@@]5(C)CCC(=O)C(C)(C)[C@@H]5CC[C@]43C)[C@@H]12. The molecular weight excluding hydrogens is 542 g/mol. The second-order valence-electron chi connectivity index (χ2n) is 17.5. The van der Waals surface area contributed by atoms with Crippen molar-refractivity contribution in [2.24, 2.45) is 56.7 Å². The Kier molecular flexibility index (Phi) is 7.04. The number of carbonyl (C=O) groups is 2. The molecule has 0 radical (unpaired) electrons. The van der Waals surface area contributed by atoms with Gasteiger partial charge in [0.1, 0.15) is 11.6 Å². The zero-order valence-corrected chi connectivity index (χ0v) is 28.5. The molecule has 1 aliphatic heterocycles. The van der Waals surface area contributed by atoms with Gasteiger partial charge < -0.3 is 9.80 Å². The van der Waals surface area contributed by atoms with Gasteiger partial charge in [-0.3, -0.25) is 9.59 Å². The van der Waals surface area contributed by atoms with Gasteiger partial charge in [0.15, 0.2) is 0 Å². The maximum Gasteiger partial charge on any atom is 0.229 e. The van der Waals surface area contributed by atoms with Crippen molar-refractivity contribution >= 4 is 17.5 Å². The Hall–Kier alpha value is -2.17. The summed E-state index contributed by atoms with van der Waals surface area (Å²) in [5.41, 5.74) is 1.51. The lowest BCUT2D eigenvalue weighted by Crippen LogP contribution is -2.67. The number of nitrogens with zero attached hydrogens (tertiary/aromatic N) is 3. The molecule has 1 aromatic heterocycles. The summed E-state index contributed by atoms with van der Waals surface area (Å²) < 4.78 is 0. The molecule has 0 bridgehead atoms. The van der Waals surface area contributed by atoms with E-state index in [2.05, 4.69) is 75.0 Å². The first kappa shape index (κ1) is 30.5. The van der Waals surface area contributed by atoms with Crippen LogP contribution < -0.4 is 4.90 Å². The van der Waals surface area contributed by atoms with Gasteiger partial charge in [0, 0.05) is 44.2 Å². The first-order valence-electron chi connectivity index (χ1n) is 17.9. The number of fused-ring (bicyclic) bond motifs is 7. The van der Waals surface area contributed by atoms with Crippen LogP contribution >= 0.6 is 0 Å². The molecule has 0 spiro atoms. The highest BCUT2D eigenvalue weighted by molar-refractivity contribution is 5.86. The number of ketones is 1. The fourth-order valence-electron chi connectivity index (χ4n) is 13.3. The fourth-order valence-corrected chi connectivity index (χ4v) is 13.3. The average Bonchev–Trinajstić information content (AvgIpc) is 3.41. The lowest BCUT2D eigenvalue weighted by Gasteiger charge is -2.72.